The van der Waals surface area contributed by atoms with Crippen molar-refractivity contribution in [2.45, 2.75) is 64.3 Å². The molecule has 7 heteroatoms. The first-order chi connectivity index (χ1) is 11.7. The Balaban J connectivity index is 0.00000225. The van der Waals surface area contributed by atoms with Crippen molar-refractivity contribution in [2.24, 2.45) is 10.9 Å². The van der Waals surface area contributed by atoms with Gasteiger partial charge in [0.25, 0.3) is 0 Å². The Bertz CT molecular complexity index is 429. The lowest BCUT2D eigenvalue weighted by atomic mass is 9.96. The number of fused-ring (bicyclic) bond motifs is 2. The first-order valence-corrected chi connectivity index (χ1v) is 9.69. The van der Waals surface area contributed by atoms with Gasteiger partial charge < -0.3 is 20.1 Å². The smallest absolute Gasteiger partial charge is 0.191 e. The van der Waals surface area contributed by atoms with Crippen LogP contribution in [0.5, 0.6) is 0 Å². The maximum atomic E-state index is 5.96. The Labute approximate surface area is 169 Å². The van der Waals surface area contributed by atoms with E-state index in [4.69, 9.17) is 14.5 Å². The summed E-state index contributed by atoms with van der Waals surface area (Å²) in [5, 5.41) is 7.02. The average Bonchev–Trinajstić information content (AvgIpc) is 3.18. The van der Waals surface area contributed by atoms with Gasteiger partial charge in [-0.2, -0.15) is 0 Å². The topological polar surface area (TPSA) is 58.1 Å². The molecule has 4 atom stereocenters. The van der Waals surface area contributed by atoms with Crippen LogP contribution in [0.25, 0.3) is 0 Å². The van der Waals surface area contributed by atoms with Gasteiger partial charge in [0, 0.05) is 25.7 Å². The van der Waals surface area contributed by atoms with Crippen LogP contribution in [0.2, 0.25) is 0 Å². The highest BCUT2D eigenvalue weighted by atomic mass is 127. The molecule has 6 nitrogen and oxygen atoms in total. The number of nitrogens with one attached hydrogen (secondary N) is 2. The van der Waals surface area contributed by atoms with Crippen molar-refractivity contribution in [1.82, 2.24) is 15.5 Å². The molecule has 25 heavy (non-hydrogen) atoms. The molecule has 2 N–H and O–H groups in total. The van der Waals surface area contributed by atoms with Gasteiger partial charge in [-0.1, -0.05) is 13.8 Å². The Morgan fingerprint density at radius 3 is 2.56 bits per heavy atom. The number of morpholine rings is 1. The molecule has 0 aromatic carbocycles. The maximum absolute atomic E-state index is 5.96. The lowest BCUT2D eigenvalue weighted by molar-refractivity contribution is 0.00866. The van der Waals surface area contributed by atoms with E-state index in [1.807, 2.05) is 0 Å². The number of aliphatic imine (C=N–C) groups is 1. The molecule has 0 spiro atoms. The SMILES string of the molecule is CCNC(=NCC(C(C)C)N1CCOCC1)NC1CC2CCC1O2.I. The minimum atomic E-state index is 0. The van der Waals surface area contributed by atoms with Gasteiger partial charge in [0.15, 0.2) is 5.96 Å². The fourth-order valence-corrected chi connectivity index (χ4v) is 4.13. The van der Waals surface area contributed by atoms with Gasteiger partial charge in [-0.15, -0.1) is 24.0 Å². The van der Waals surface area contributed by atoms with Crippen molar-refractivity contribution >= 4 is 29.9 Å². The Hall–Kier alpha value is -0.120. The van der Waals surface area contributed by atoms with E-state index >= 15 is 0 Å². The van der Waals surface area contributed by atoms with Crippen molar-refractivity contribution < 1.29 is 9.47 Å². The lowest BCUT2D eigenvalue weighted by Crippen LogP contribution is -2.50. The molecular formula is C18H35IN4O2. The van der Waals surface area contributed by atoms with E-state index in [2.05, 4.69) is 36.3 Å². The third-order valence-corrected chi connectivity index (χ3v) is 5.49. The summed E-state index contributed by atoms with van der Waals surface area (Å²) in [6.07, 6.45) is 4.37. The Morgan fingerprint density at radius 1 is 1.24 bits per heavy atom. The molecule has 0 aromatic heterocycles. The van der Waals surface area contributed by atoms with Crippen molar-refractivity contribution in [2.75, 3.05) is 39.4 Å². The van der Waals surface area contributed by atoms with E-state index < -0.39 is 0 Å². The van der Waals surface area contributed by atoms with Crippen LogP contribution < -0.4 is 10.6 Å². The summed E-state index contributed by atoms with van der Waals surface area (Å²) in [6.45, 7) is 12.1. The van der Waals surface area contributed by atoms with Crippen LogP contribution in [-0.4, -0.2) is 74.5 Å². The van der Waals surface area contributed by atoms with Crippen molar-refractivity contribution in [1.29, 1.82) is 0 Å². The lowest BCUT2D eigenvalue weighted by Gasteiger charge is -2.36. The molecule has 3 fully saturated rings. The molecular weight excluding hydrogens is 431 g/mol. The van der Waals surface area contributed by atoms with Gasteiger partial charge in [0.05, 0.1) is 38.0 Å². The predicted octanol–water partition coefficient (Wildman–Crippen LogP) is 1.84. The maximum Gasteiger partial charge on any atom is 0.191 e. The molecule has 146 valence electrons. The molecule has 3 rings (SSSR count). The Kier molecular flexibility index (Phi) is 8.71. The first-order valence-electron chi connectivity index (χ1n) is 9.69. The molecule has 0 amide bonds. The number of guanidine groups is 1. The summed E-state index contributed by atoms with van der Waals surface area (Å²) in [5.41, 5.74) is 0. The molecule has 4 unspecified atom stereocenters. The normalized spacial score (nSPS) is 31.0. The third kappa shape index (κ3) is 5.68. The van der Waals surface area contributed by atoms with Crippen LogP contribution in [0.15, 0.2) is 4.99 Å². The summed E-state index contributed by atoms with van der Waals surface area (Å²) in [4.78, 5) is 7.44. The largest absolute Gasteiger partial charge is 0.379 e. The van der Waals surface area contributed by atoms with Crippen LogP contribution >= 0.6 is 24.0 Å². The van der Waals surface area contributed by atoms with Gasteiger partial charge in [0.2, 0.25) is 0 Å². The second kappa shape index (κ2) is 10.3. The fourth-order valence-electron chi connectivity index (χ4n) is 4.13. The second-order valence-corrected chi connectivity index (χ2v) is 7.54. The quantitative estimate of drug-likeness (QED) is 0.356. The highest BCUT2D eigenvalue weighted by molar-refractivity contribution is 14.0. The van der Waals surface area contributed by atoms with E-state index in [0.717, 1.165) is 51.8 Å². The van der Waals surface area contributed by atoms with Crippen molar-refractivity contribution in [3.05, 3.63) is 0 Å². The Morgan fingerprint density at radius 2 is 2.00 bits per heavy atom. The van der Waals surface area contributed by atoms with Crippen LogP contribution in [0.1, 0.15) is 40.0 Å². The number of rotatable bonds is 6. The molecule has 3 aliphatic rings. The van der Waals surface area contributed by atoms with E-state index in [9.17, 15) is 0 Å². The first kappa shape index (κ1) is 21.2. The summed E-state index contributed by atoms with van der Waals surface area (Å²) in [5.74, 6) is 1.53. The second-order valence-electron chi connectivity index (χ2n) is 7.54. The zero-order chi connectivity index (χ0) is 16.9. The minimum Gasteiger partial charge on any atom is -0.379 e. The summed E-state index contributed by atoms with van der Waals surface area (Å²) < 4.78 is 11.5. The van der Waals surface area contributed by atoms with E-state index in [-0.39, 0.29) is 24.0 Å². The van der Waals surface area contributed by atoms with Crippen LogP contribution in [0.4, 0.5) is 0 Å². The molecule has 2 bridgehead atoms. The number of hydrogen-bond donors (Lipinski definition) is 2. The number of halogens is 1. The number of ether oxygens (including phenoxy) is 2. The van der Waals surface area contributed by atoms with Crippen molar-refractivity contribution in [3.63, 3.8) is 0 Å². The number of nitrogens with zero attached hydrogens (tertiary/aromatic N) is 2. The molecule has 0 aromatic rings. The number of hydrogen-bond acceptors (Lipinski definition) is 4. The van der Waals surface area contributed by atoms with Crippen LogP contribution in [-0.2, 0) is 9.47 Å². The van der Waals surface area contributed by atoms with Gasteiger partial charge in [0.1, 0.15) is 0 Å². The van der Waals surface area contributed by atoms with Gasteiger partial charge >= 0.3 is 0 Å². The zero-order valence-corrected chi connectivity index (χ0v) is 18.2. The summed E-state index contributed by atoms with van der Waals surface area (Å²) in [6, 6.07) is 0.892. The standard InChI is InChI=1S/C18H34N4O2.HI/c1-4-19-18(21-15-11-14-5-6-17(15)24-14)20-12-16(13(2)3)22-7-9-23-10-8-22;/h13-17H,4-12H2,1-3H3,(H2,19,20,21);1H. The van der Waals surface area contributed by atoms with Gasteiger partial charge in [-0.25, -0.2) is 0 Å². The molecule has 3 heterocycles. The van der Waals surface area contributed by atoms with Crippen LogP contribution in [0.3, 0.4) is 0 Å². The summed E-state index contributed by atoms with van der Waals surface area (Å²) >= 11 is 0. The highest BCUT2D eigenvalue weighted by Gasteiger charge is 2.41. The monoisotopic (exact) mass is 466 g/mol. The zero-order valence-electron chi connectivity index (χ0n) is 15.9. The van der Waals surface area contributed by atoms with E-state index in [1.54, 1.807) is 0 Å². The molecule has 3 saturated heterocycles. The highest BCUT2D eigenvalue weighted by Crippen LogP contribution is 2.34. The van der Waals surface area contributed by atoms with E-state index in [0.29, 0.717) is 30.2 Å². The molecule has 3 aliphatic heterocycles. The van der Waals surface area contributed by atoms with Crippen molar-refractivity contribution in [3.8, 4) is 0 Å². The molecule has 0 radical (unpaired) electrons. The fraction of sp³-hybridized carbons (Fsp3) is 0.944. The third-order valence-electron chi connectivity index (χ3n) is 5.49. The molecule has 0 saturated carbocycles. The van der Waals surface area contributed by atoms with E-state index in [1.165, 1.54) is 12.8 Å². The minimum absolute atomic E-state index is 0. The summed E-state index contributed by atoms with van der Waals surface area (Å²) in [7, 11) is 0. The van der Waals surface area contributed by atoms with Gasteiger partial charge in [-0.3, -0.25) is 9.89 Å². The van der Waals surface area contributed by atoms with Gasteiger partial charge in [-0.05, 0) is 32.1 Å². The average molecular weight is 466 g/mol. The predicted molar refractivity (Wildman–Crippen MR) is 112 cm³/mol. The molecule has 0 aliphatic carbocycles. The van der Waals surface area contributed by atoms with Crippen LogP contribution in [0, 0.1) is 5.92 Å².